The van der Waals surface area contributed by atoms with Gasteiger partial charge < -0.3 is 9.88 Å². The summed E-state index contributed by atoms with van der Waals surface area (Å²) in [7, 11) is 0. The van der Waals surface area contributed by atoms with Crippen molar-refractivity contribution < 1.29 is 4.79 Å². The molecule has 2 aliphatic carbocycles. The van der Waals surface area contributed by atoms with Crippen LogP contribution in [0.1, 0.15) is 32.1 Å². The van der Waals surface area contributed by atoms with Gasteiger partial charge in [0.2, 0.25) is 5.91 Å². The third-order valence-corrected chi connectivity index (χ3v) is 4.53. The predicted molar refractivity (Wildman–Crippen MR) is 68.8 cm³/mol. The maximum Gasteiger partial charge on any atom is 0.223 e. The van der Waals surface area contributed by atoms with Crippen LogP contribution in [0.4, 0.5) is 0 Å². The molecular weight excluding hydrogens is 226 g/mol. The summed E-state index contributed by atoms with van der Waals surface area (Å²) in [5.74, 6) is 2.14. The van der Waals surface area contributed by atoms with Crippen LogP contribution in [-0.2, 0) is 11.3 Å². The molecule has 2 fully saturated rings. The van der Waals surface area contributed by atoms with E-state index in [0.29, 0.717) is 17.7 Å². The van der Waals surface area contributed by atoms with E-state index in [-0.39, 0.29) is 0 Å². The number of nitrogens with zero attached hydrogens (tertiary/aromatic N) is 2. The van der Waals surface area contributed by atoms with Crippen molar-refractivity contribution in [1.82, 2.24) is 14.9 Å². The molecule has 0 spiro atoms. The number of hydrogen-bond donors (Lipinski definition) is 1. The molecule has 1 amide bonds. The average Bonchev–Trinajstić information content (AvgIpc) is 3.10. The summed E-state index contributed by atoms with van der Waals surface area (Å²) in [6.07, 6.45) is 11.6. The second-order valence-corrected chi connectivity index (χ2v) is 5.73. The lowest BCUT2D eigenvalue weighted by Crippen LogP contribution is -2.34. The molecular formula is C14H21N3O. The molecule has 0 unspecified atom stereocenters. The summed E-state index contributed by atoms with van der Waals surface area (Å²) >= 11 is 0. The minimum absolute atomic E-state index is 0.299. The Hall–Kier alpha value is -1.32. The van der Waals surface area contributed by atoms with Crippen molar-refractivity contribution in [2.75, 3.05) is 6.54 Å². The molecule has 98 valence electrons. The smallest absolute Gasteiger partial charge is 0.223 e. The van der Waals surface area contributed by atoms with Gasteiger partial charge in [0.05, 0.1) is 6.33 Å². The van der Waals surface area contributed by atoms with Gasteiger partial charge >= 0.3 is 0 Å². The molecule has 3 rings (SSSR count). The van der Waals surface area contributed by atoms with Crippen LogP contribution in [0.5, 0.6) is 0 Å². The normalized spacial score (nSPS) is 29.7. The maximum absolute atomic E-state index is 12.1. The van der Waals surface area contributed by atoms with Crippen LogP contribution in [0.25, 0.3) is 0 Å². The quantitative estimate of drug-likeness (QED) is 0.807. The highest BCUT2D eigenvalue weighted by Gasteiger charge is 2.42. The van der Waals surface area contributed by atoms with Gasteiger partial charge in [-0.25, -0.2) is 4.98 Å². The molecule has 0 aliphatic heterocycles. The zero-order valence-corrected chi connectivity index (χ0v) is 10.7. The number of nitrogens with one attached hydrogen (secondary N) is 1. The average molecular weight is 247 g/mol. The standard InChI is InChI=1S/C14H21N3O/c18-14(13-9-11-2-3-12(13)8-11)16-4-1-6-17-7-5-15-10-17/h5,7,10-13H,1-4,6,8-9H2,(H,16,18)/t11-,12+,13+/m0/s1. The van der Waals surface area contributed by atoms with Gasteiger partial charge in [0, 0.05) is 31.4 Å². The summed E-state index contributed by atoms with van der Waals surface area (Å²) in [4.78, 5) is 16.1. The Labute approximate surface area is 108 Å². The fourth-order valence-corrected chi connectivity index (χ4v) is 3.59. The highest BCUT2D eigenvalue weighted by atomic mass is 16.1. The van der Waals surface area contributed by atoms with Crippen LogP contribution in [0.15, 0.2) is 18.7 Å². The van der Waals surface area contributed by atoms with Gasteiger partial charge in [0.15, 0.2) is 0 Å². The first-order valence-electron chi connectivity index (χ1n) is 7.06. The van der Waals surface area contributed by atoms with Gasteiger partial charge in [-0.05, 0) is 37.5 Å². The molecule has 0 radical (unpaired) electrons. The first kappa shape index (κ1) is 11.8. The number of carbonyl (C=O) groups is 1. The Balaban J connectivity index is 1.37. The third kappa shape index (κ3) is 2.42. The van der Waals surface area contributed by atoms with Crippen LogP contribution in [0, 0.1) is 17.8 Å². The largest absolute Gasteiger partial charge is 0.356 e. The summed E-state index contributed by atoms with van der Waals surface area (Å²) in [6.45, 7) is 1.71. The topological polar surface area (TPSA) is 46.9 Å². The molecule has 1 aromatic rings. The molecule has 2 bridgehead atoms. The second kappa shape index (κ2) is 5.12. The Morgan fingerprint density at radius 2 is 2.33 bits per heavy atom. The van der Waals surface area contributed by atoms with Crippen molar-refractivity contribution in [2.24, 2.45) is 17.8 Å². The zero-order valence-electron chi connectivity index (χ0n) is 10.7. The second-order valence-electron chi connectivity index (χ2n) is 5.73. The van der Waals surface area contributed by atoms with Crippen LogP contribution >= 0.6 is 0 Å². The van der Waals surface area contributed by atoms with E-state index >= 15 is 0 Å². The van der Waals surface area contributed by atoms with Crippen molar-refractivity contribution in [2.45, 2.75) is 38.6 Å². The molecule has 1 heterocycles. The molecule has 0 aromatic carbocycles. The van der Waals surface area contributed by atoms with E-state index in [1.165, 1.54) is 19.3 Å². The van der Waals surface area contributed by atoms with Gasteiger partial charge in [0.1, 0.15) is 0 Å². The SMILES string of the molecule is O=C(NCCCn1ccnc1)[C@@H]1C[C@H]2CC[C@@H]1C2. The monoisotopic (exact) mass is 247 g/mol. The van der Waals surface area contributed by atoms with Crippen LogP contribution < -0.4 is 5.32 Å². The molecule has 4 nitrogen and oxygen atoms in total. The third-order valence-electron chi connectivity index (χ3n) is 4.53. The van der Waals surface area contributed by atoms with Crippen molar-refractivity contribution in [1.29, 1.82) is 0 Å². The Kier molecular flexibility index (Phi) is 3.35. The number of fused-ring (bicyclic) bond motifs is 2. The molecule has 18 heavy (non-hydrogen) atoms. The number of hydrogen-bond acceptors (Lipinski definition) is 2. The predicted octanol–water partition coefficient (Wildman–Crippen LogP) is 1.83. The fourth-order valence-electron chi connectivity index (χ4n) is 3.59. The summed E-state index contributed by atoms with van der Waals surface area (Å²) in [6, 6.07) is 0. The minimum Gasteiger partial charge on any atom is -0.356 e. The lowest BCUT2D eigenvalue weighted by Gasteiger charge is -2.20. The highest BCUT2D eigenvalue weighted by Crippen LogP contribution is 2.48. The van der Waals surface area contributed by atoms with Gasteiger partial charge in [-0.2, -0.15) is 0 Å². The zero-order chi connectivity index (χ0) is 12.4. The van der Waals surface area contributed by atoms with Gasteiger partial charge in [-0.1, -0.05) is 6.42 Å². The Morgan fingerprint density at radius 1 is 1.39 bits per heavy atom. The van der Waals surface area contributed by atoms with E-state index < -0.39 is 0 Å². The number of carbonyl (C=O) groups excluding carboxylic acids is 1. The van der Waals surface area contributed by atoms with Crippen LogP contribution in [-0.4, -0.2) is 22.0 Å². The van der Waals surface area contributed by atoms with E-state index in [0.717, 1.165) is 31.8 Å². The molecule has 4 heteroatoms. The molecule has 3 atom stereocenters. The molecule has 0 saturated heterocycles. The van der Waals surface area contributed by atoms with Crippen LogP contribution in [0.3, 0.4) is 0 Å². The lowest BCUT2D eigenvalue weighted by molar-refractivity contribution is -0.126. The van der Waals surface area contributed by atoms with E-state index in [1.54, 1.807) is 6.20 Å². The summed E-state index contributed by atoms with van der Waals surface area (Å²) < 4.78 is 2.05. The van der Waals surface area contributed by atoms with Crippen molar-refractivity contribution in [3.8, 4) is 0 Å². The first-order chi connectivity index (χ1) is 8.83. The summed E-state index contributed by atoms with van der Waals surface area (Å²) in [5, 5.41) is 3.10. The number of rotatable bonds is 5. The molecule has 2 saturated carbocycles. The number of amides is 1. The van der Waals surface area contributed by atoms with Crippen molar-refractivity contribution in [3.05, 3.63) is 18.7 Å². The van der Waals surface area contributed by atoms with Gasteiger partial charge in [0.25, 0.3) is 0 Å². The molecule has 1 aromatic heterocycles. The number of imidazole rings is 1. The maximum atomic E-state index is 12.1. The number of aromatic nitrogens is 2. The van der Waals surface area contributed by atoms with Gasteiger partial charge in [-0.15, -0.1) is 0 Å². The van der Waals surface area contributed by atoms with Crippen molar-refractivity contribution in [3.63, 3.8) is 0 Å². The fraction of sp³-hybridized carbons (Fsp3) is 0.714. The van der Waals surface area contributed by atoms with Crippen LogP contribution in [0.2, 0.25) is 0 Å². The van der Waals surface area contributed by atoms with E-state index in [2.05, 4.69) is 10.3 Å². The highest BCUT2D eigenvalue weighted by molar-refractivity contribution is 5.79. The van der Waals surface area contributed by atoms with E-state index in [4.69, 9.17) is 0 Å². The lowest BCUT2D eigenvalue weighted by atomic mass is 9.88. The first-order valence-corrected chi connectivity index (χ1v) is 7.06. The minimum atomic E-state index is 0.299. The summed E-state index contributed by atoms with van der Waals surface area (Å²) in [5.41, 5.74) is 0. The van der Waals surface area contributed by atoms with Crippen molar-refractivity contribution >= 4 is 5.91 Å². The van der Waals surface area contributed by atoms with Gasteiger partial charge in [-0.3, -0.25) is 4.79 Å². The molecule has 1 N–H and O–H groups in total. The van der Waals surface area contributed by atoms with E-state index in [1.807, 2.05) is 17.1 Å². The van der Waals surface area contributed by atoms with E-state index in [9.17, 15) is 4.79 Å². The Morgan fingerprint density at radius 3 is 3.00 bits per heavy atom. The number of aryl methyl sites for hydroxylation is 1. The molecule has 2 aliphatic rings. The Bertz CT molecular complexity index is 401.